The number of nitrogens with two attached hydrogens (primary N) is 1. The molecule has 0 amide bonds. The van der Waals surface area contributed by atoms with E-state index in [-0.39, 0.29) is 11.9 Å². The van der Waals surface area contributed by atoms with Crippen LogP contribution in [0.4, 0.5) is 4.39 Å². The average Bonchev–Trinajstić information content (AvgIpc) is 2.50. The zero-order valence-corrected chi connectivity index (χ0v) is 13.1. The fourth-order valence-electron chi connectivity index (χ4n) is 4.45. The van der Waals surface area contributed by atoms with Crippen LogP contribution in [0.1, 0.15) is 56.6 Å². The molecule has 3 N–H and O–H groups in total. The highest BCUT2D eigenvalue weighted by Gasteiger charge is 2.36. The zero-order chi connectivity index (χ0) is 14.8. The molecule has 2 nitrogen and oxygen atoms in total. The molecule has 1 aromatic carbocycles. The lowest BCUT2D eigenvalue weighted by Gasteiger charge is -2.42. The minimum absolute atomic E-state index is 0.106. The quantitative estimate of drug-likeness (QED) is 0.633. The van der Waals surface area contributed by atoms with E-state index < -0.39 is 0 Å². The molecule has 0 spiro atoms. The molecular formula is C17H24ClFN2. The van der Waals surface area contributed by atoms with Crippen molar-refractivity contribution in [1.82, 2.24) is 5.43 Å². The number of hydrogen-bond acceptors (Lipinski definition) is 2. The minimum atomic E-state index is -0.254. The van der Waals surface area contributed by atoms with Crippen molar-refractivity contribution in [2.75, 3.05) is 0 Å². The number of rotatable bonds is 3. The van der Waals surface area contributed by atoms with Crippen LogP contribution >= 0.6 is 11.6 Å². The molecule has 116 valence electrons. The summed E-state index contributed by atoms with van der Waals surface area (Å²) in [5.74, 6) is 7.63. The summed E-state index contributed by atoms with van der Waals surface area (Å²) in [4.78, 5) is 0. The Morgan fingerprint density at radius 2 is 1.90 bits per heavy atom. The van der Waals surface area contributed by atoms with Crippen molar-refractivity contribution in [2.24, 2.45) is 23.6 Å². The van der Waals surface area contributed by atoms with Crippen molar-refractivity contribution >= 4 is 11.6 Å². The summed E-state index contributed by atoms with van der Waals surface area (Å²) in [6.45, 7) is 0. The minimum Gasteiger partial charge on any atom is -0.271 e. The van der Waals surface area contributed by atoms with Crippen molar-refractivity contribution in [3.05, 3.63) is 34.6 Å². The SMILES string of the molecule is NNC(c1ccc(Cl)cc1F)C1CCC2CCCCC2C1. The molecule has 2 saturated carbocycles. The molecule has 0 aliphatic heterocycles. The third-order valence-electron chi connectivity index (χ3n) is 5.53. The van der Waals surface area contributed by atoms with Gasteiger partial charge in [-0.1, -0.05) is 43.4 Å². The van der Waals surface area contributed by atoms with Gasteiger partial charge in [-0.25, -0.2) is 4.39 Å². The van der Waals surface area contributed by atoms with E-state index in [0.29, 0.717) is 16.5 Å². The van der Waals surface area contributed by atoms with Crippen LogP contribution in [0.15, 0.2) is 18.2 Å². The lowest BCUT2D eigenvalue weighted by atomic mass is 9.65. The van der Waals surface area contributed by atoms with E-state index in [2.05, 4.69) is 5.43 Å². The van der Waals surface area contributed by atoms with Gasteiger partial charge in [0.25, 0.3) is 0 Å². The van der Waals surface area contributed by atoms with Gasteiger partial charge < -0.3 is 0 Å². The van der Waals surface area contributed by atoms with Crippen LogP contribution < -0.4 is 11.3 Å². The first-order valence-corrected chi connectivity index (χ1v) is 8.48. The maximum atomic E-state index is 14.2. The summed E-state index contributed by atoms with van der Waals surface area (Å²) >= 11 is 5.85. The van der Waals surface area contributed by atoms with Crippen molar-refractivity contribution in [2.45, 2.75) is 51.0 Å². The van der Waals surface area contributed by atoms with Gasteiger partial charge in [-0.2, -0.15) is 0 Å². The molecule has 0 saturated heterocycles. The fraction of sp³-hybridized carbons (Fsp3) is 0.647. The van der Waals surface area contributed by atoms with Crippen molar-refractivity contribution in [3.63, 3.8) is 0 Å². The molecule has 2 aliphatic rings. The van der Waals surface area contributed by atoms with E-state index >= 15 is 0 Å². The largest absolute Gasteiger partial charge is 0.271 e. The van der Waals surface area contributed by atoms with Crippen LogP contribution in [0.5, 0.6) is 0 Å². The molecule has 0 heterocycles. The second-order valence-corrected chi connectivity index (χ2v) is 7.12. The Kier molecular flexibility index (Phi) is 4.82. The Morgan fingerprint density at radius 1 is 1.14 bits per heavy atom. The summed E-state index contributed by atoms with van der Waals surface area (Å²) < 4.78 is 14.2. The average molecular weight is 311 g/mol. The van der Waals surface area contributed by atoms with E-state index in [1.54, 1.807) is 12.1 Å². The molecule has 0 bridgehead atoms. The van der Waals surface area contributed by atoms with Gasteiger partial charge in [0.1, 0.15) is 5.82 Å². The predicted molar refractivity (Wildman–Crippen MR) is 84.3 cm³/mol. The Bertz CT molecular complexity index is 494. The summed E-state index contributed by atoms with van der Waals surface area (Å²) in [5.41, 5.74) is 3.51. The Hall–Kier alpha value is -0.640. The lowest BCUT2D eigenvalue weighted by Crippen LogP contribution is -2.38. The monoisotopic (exact) mass is 310 g/mol. The fourth-order valence-corrected chi connectivity index (χ4v) is 4.60. The standard InChI is InChI=1S/C17H24ClFN2/c18-14-7-8-15(16(19)10-14)17(21-20)13-6-5-11-3-1-2-4-12(11)9-13/h7-8,10-13,17,21H,1-6,9,20H2. The van der Waals surface area contributed by atoms with Gasteiger partial charge in [-0.3, -0.25) is 11.3 Å². The summed E-state index contributed by atoms with van der Waals surface area (Å²) in [7, 11) is 0. The number of halogens is 2. The molecule has 3 rings (SSSR count). The van der Waals surface area contributed by atoms with Crippen LogP contribution in [0, 0.1) is 23.6 Å². The van der Waals surface area contributed by atoms with Crippen LogP contribution in [0.3, 0.4) is 0 Å². The Morgan fingerprint density at radius 3 is 2.62 bits per heavy atom. The van der Waals surface area contributed by atoms with E-state index in [0.717, 1.165) is 18.3 Å². The molecule has 4 unspecified atom stereocenters. The number of benzene rings is 1. The number of hydrogen-bond donors (Lipinski definition) is 2. The molecule has 1 aromatic rings. The second kappa shape index (κ2) is 6.64. The van der Waals surface area contributed by atoms with Crippen LogP contribution in [0.2, 0.25) is 5.02 Å². The van der Waals surface area contributed by atoms with Crippen molar-refractivity contribution < 1.29 is 4.39 Å². The number of hydrazine groups is 1. The first-order chi connectivity index (χ1) is 10.2. The summed E-state index contributed by atoms with van der Waals surface area (Å²) in [5, 5.41) is 0.433. The zero-order valence-electron chi connectivity index (χ0n) is 12.3. The van der Waals surface area contributed by atoms with Crippen LogP contribution in [0.25, 0.3) is 0 Å². The van der Waals surface area contributed by atoms with Crippen LogP contribution in [-0.2, 0) is 0 Å². The van der Waals surface area contributed by atoms with Crippen LogP contribution in [-0.4, -0.2) is 0 Å². The molecule has 4 heteroatoms. The van der Waals surface area contributed by atoms with E-state index in [1.165, 1.54) is 44.6 Å². The smallest absolute Gasteiger partial charge is 0.129 e. The summed E-state index contributed by atoms with van der Waals surface area (Å²) in [6, 6.07) is 4.80. The molecular weight excluding hydrogens is 287 g/mol. The molecule has 0 aromatic heterocycles. The maximum absolute atomic E-state index is 14.2. The third-order valence-corrected chi connectivity index (χ3v) is 5.76. The van der Waals surface area contributed by atoms with Gasteiger partial charge in [0, 0.05) is 10.6 Å². The molecule has 2 fully saturated rings. The predicted octanol–water partition coefficient (Wildman–Crippen LogP) is 4.59. The van der Waals surface area contributed by atoms with E-state index in [1.807, 2.05) is 0 Å². The molecule has 0 radical (unpaired) electrons. The highest BCUT2D eigenvalue weighted by molar-refractivity contribution is 6.30. The van der Waals surface area contributed by atoms with Gasteiger partial charge in [-0.05, 0) is 49.1 Å². The second-order valence-electron chi connectivity index (χ2n) is 6.69. The van der Waals surface area contributed by atoms with Crippen molar-refractivity contribution in [1.29, 1.82) is 0 Å². The number of nitrogens with one attached hydrogen (secondary N) is 1. The normalized spacial score (nSPS) is 30.7. The Labute approximate surface area is 131 Å². The first kappa shape index (κ1) is 15.3. The molecule has 21 heavy (non-hydrogen) atoms. The topological polar surface area (TPSA) is 38.0 Å². The van der Waals surface area contributed by atoms with Gasteiger partial charge in [0.05, 0.1) is 6.04 Å². The van der Waals surface area contributed by atoms with Gasteiger partial charge in [0.15, 0.2) is 0 Å². The highest BCUT2D eigenvalue weighted by atomic mass is 35.5. The van der Waals surface area contributed by atoms with Gasteiger partial charge in [-0.15, -0.1) is 0 Å². The lowest BCUT2D eigenvalue weighted by molar-refractivity contribution is 0.108. The van der Waals surface area contributed by atoms with Crippen molar-refractivity contribution in [3.8, 4) is 0 Å². The molecule has 2 aliphatic carbocycles. The van der Waals surface area contributed by atoms with E-state index in [9.17, 15) is 4.39 Å². The summed E-state index contributed by atoms with van der Waals surface area (Å²) in [6.07, 6.45) is 9.03. The Balaban J connectivity index is 1.77. The maximum Gasteiger partial charge on any atom is 0.129 e. The highest BCUT2D eigenvalue weighted by Crippen LogP contribution is 2.46. The number of fused-ring (bicyclic) bond motifs is 1. The van der Waals surface area contributed by atoms with Gasteiger partial charge >= 0.3 is 0 Å². The van der Waals surface area contributed by atoms with E-state index in [4.69, 9.17) is 17.4 Å². The first-order valence-electron chi connectivity index (χ1n) is 8.10. The molecule has 4 atom stereocenters. The van der Waals surface area contributed by atoms with Gasteiger partial charge in [0.2, 0.25) is 0 Å². The third kappa shape index (κ3) is 3.25.